The average molecular weight is 351 g/mol. The topological polar surface area (TPSA) is 38.3 Å². The van der Waals surface area contributed by atoms with Gasteiger partial charge in [0.05, 0.1) is 17.7 Å². The maximum Gasteiger partial charge on any atom is 0.417 e. The number of rotatable bonds is 4. The molecule has 0 fully saturated rings. The second-order valence-electron chi connectivity index (χ2n) is 4.80. The average Bonchev–Trinajstić information content (AvgIpc) is 2.58. The van der Waals surface area contributed by atoms with Crippen molar-refractivity contribution >= 4 is 5.91 Å². The largest absolute Gasteiger partial charge is 0.478 e. The van der Waals surface area contributed by atoms with Gasteiger partial charge in [-0.05, 0) is 24.3 Å². The molecule has 2 aromatic carbocycles. The predicted octanol–water partition coefficient (Wildman–Crippen LogP) is 3.66. The van der Waals surface area contributed by atoms with E-state index in [2.05, 4.69) is 17.2 Å². The Morgan fingerprint density at radius 2 is 1.72 bits per heavy atom. The molecule has 25 heavy (non-hydrogen) atoms. The Morgan fingerprint density at radius 1 is 1.04 bits per heavy atom. The Hall–Kier alpha value is -3.01. The molecule has 0 bridgehead atoms. The van der Waals surface area contributed by atoms with Gasteiger partial charge >= 0.3 is 6.18 Å². The highest BCUT2D eigenvalue weighted by Crippen LogP contribution is 2.31. The van der Waals surface area contributed by atoms with Crippen LogP contribution in [0.5, 0.6) is 5.75 Å². The number of carbonyl (C=O) groups is 1. The first-order valence-electron chi connectivity index (χ1n) is 7.17. The highest BCUT2D eigenvalue weighted by atomic mass is 19.4. The molecule has 1 amide bonds. The lowest BCUT2D eigenvalue weighted by atomic mass is 10.1. The van der Waals surface area contributed by atoms with E-state index in [0.717, 1.165) is 12.1 Å². The second-order valence-corrected chi connectivity index (χ2v) is 4.80. The van der Waals surface area contributed by atoms with Crippen molar-refractivity contribution in [3.05, 3.63) is 65.5 Å². The first-order valence-corrected chi connectivity index (χ1v) is 7.17. The first kappa shape index (κ1) is 18.3. The van der Waals surface area contributed by atoms with Crippen LogP contribution in [0.3, 0.4) is 0 Å². The number of halogens is 4. The van der Waals surface area contributed by atoms with Crippen LogP contribution in [0.1, 0.15) is 15.9 Å². The van der Waals surface area contributed by atoms with Crippen molar-refractivity contribution in [1.29, 1.82) is 0 Å². The van der Waals surface area contributed by atoms with Crippen LogP contribution < -0.4 is 10.1 Å². The number of benzene rings is 2. The van der Waals surface area contributed by atoms with Crippen molar-refractivity contribution in [3.63, 3.8) is 0 Å². The van der Waals surface area contributed by atoms with E-state index in [-0.39, 0.29) is 18.9 Å². The smallest absolute Gasteiger partial charge is 0.417 e. The molecular weight excluding hydrogens is 338 g/mol. The molecule has 1 N–H and O–H groups in total. The van der Waals surface area contributed by atoms with E-state index < -0.39 is 29.0 Å². The van der Waals surface area contributed by atoms with Gasteiger partial charge in [-0.15, -0.1) is 0 Å². The molecule has 0 unspecified atom stereocenters. The molecule has 0 radical (unpaired) electrons. The number of carbonyl (C=O) groups excluding carboxylic acids is 1. The SMILES string of the molecule is O=C(NCC#CCOc1ccccc1F)c1ccccc1C(F)(F)F. The molecule has 0 saturated carbocycles. The van der Waals surface area contributed by atoms with Crippen LogP contribution >= 0.6 is 0 Å². The van der Waals surface area contributed by atoms with Crippen molar-refractivity contribution < 1.29 is 27.1 Å². The fraction of sp³-hybridized carbons (Fsp3) is 0.167. The van der Waals surface area contributed by atoms with Gasteiger partial charge in [-0.3, -0.25) is 4.79 Å². The summed E-state index contributed by atoms with van der Waals surface area (Å²) < 4.78 is 56.9. The van der Waals surface area contributed by atoms with Crippen LogP contribution in [0.15, 0.2) is 48.5 Å². The summed E-state index contributed by atoms with van der Waals surface area (Å²) >= 11 is 0. The van der Waals surface area contributed by atoms with Gasteiger partial charge in [-0.25, -0.2) is 4.39 Å². The van der Waals surface area contributed by atoms with E-state index in [1.165, 1.54) is 30.3 Å². The third kappa shape index (κ3) is 5.24. The monoisotopic (exact) mass is 351 g/mol. The van der Waals surface area contributed by atoms with E-state index in [9.17, 15) is 22.4 Å². The summed E-state index contributed by atoms with van der Waals surface area (Å²) in [6.45, 7) is -0.276. The zero-order valence-corrected chi connectivity index (χ0v) is 12.9. The Bertz CT molecular complexity index is 806. The van der Waals surface area contributed by atoms with Crippen molar-refractivity contribution in [3.8, 4) is 17.6 Å². The molecular formula is C18H13F4NO2. The molecule has 2 aromatic rings. The van der Waals surface area contributed by atoms with Crippen LogP contribution in [0.25, 0.3) is 0 Å². The third-order valence-corrected chi connectivity index (χ3v) is 3.08. The fourth-order valence-corrected chi connectivity index (χ4v) is 1.94. The van der Waals surface area contributed by atoms with Crippen LogP contribution in [0.4, 0.5) is 17.6 Å². The van der Waals surface area contributed by atoms with Crippen molar-refractivity contribution in [2.45, 2.75) is 6.18 Å². The number of para-hydroxylation sites is 1. The zero-order valence-electron chi connectivity index (χ0n) is 12.9. The number of alkyl halides is 3. The quantitative estimate of drug-likeness (QED) is 0.674. The molecule has 2 rings (SSSR count). The van der Waals surface area contributed by atoms with Crippen molar-refractivity contribution in [2.24, 2.45) is 0 Å². The van der Waals surface area contributed by atoms with Gasteiger partial charge in [0.25, 0.3) is 5.91 Å². The van der Waals surface area contributed by atoms with Crippen molar-refractivity contribution in [2.75, 3.05) is 13.2 Å². The first-order chi connectivity index (χ1) is 11.9. The fourth-order valence-electron chi connectivity index (χ4n) is 1.94. The molecule has 0 atom stereocenters. The molecule has 0 aliphatic heterocycles. The molecule has 130 valence electrons. The van der Waals surface area contributed by atoms with Gasteiger partial charge in [0.2, 0.25) is 0 Å². The van der Waals surface area contributed by atoms with Crippen molar-refractivity contribution in [1.82, 2.24) is 5.32 Å². The third-order valence-electron chi connectivity index (χ3n) is 3.08. The Balaban J connectivity index is 1.87. The normalized spacial score (nSPS) is 10.6. The lowest BCUT2D eigenvalue weighted by Gasteiger charge is -2.11. The summed E-state index contributed by atoms with van der Waals surface area (Å²) in [6.07, 6.45) is -4.62. The standard InChI is InChI=1S/C18H13F4NO2/c19-15-9-3-4-10-16(15)25-12-6-5-11-23-17(24)13-7-1-2-8-14(13)18(20,21)22/h1-4,7-10H,11-12H2,(H,23,24). The maximum absolute atomic E-state index is 13.3. The molecule has 0 aliphatic rings. The number of ether oxygens (including phenoxy) is 1. The number of hydrogen-bond donors (Lipinski definition) is 1. The number of amides is 1. The van der Waals surface area contributed by atoms with E-state index >= 15 is 0 Å². The summed E-state index contributed by atoms with van der Waals surface area (Å²) in [4.78, 5) is 11.9. The lowest BCUT2D eigenvalue weighted by Crippen LogP contribution is -2.26. The molecule has 0 saturated heterocycles. The Kier molecular flexibility index (Phi) is 6.01. The Labute approximate surface area is 141 Å². The Morgan fingerprint density at radius 3 is 2.44 bits per heavy atom. The minimum Gasteiger partial charge on any atom is -0.478 e. The van der Waals surface area contributed by atoms with Gasteiger partial charge < -0.3 is 10.1 Å². The van der Waals surface area contributed by atoms with Gasteiger partial charge in [-0.1, -0.05) is 36.1 Å². The highest BCUT2D eigenvalue weighted by molar-refractivity contribution is 5.96. The van der Waals surface area contributed by atoms with E-state index in [1.807, 2.05) is 0 Å². The van der Waals surface area contributed by atoms with Crippen LogP contribution in [0.2, 0.25) is 0 Å². The number of hydrogen-bond acceptors (Lipinski definition) is 2. The lowest BCUT2D eigenvalue weighted by molar-refractivity contribution is -0.137. The summed E-state index contributed by atoms with van der Waals surface area (Å²) in [5.74, 6) is 3.70. The van der Waals surface area contributed by atoms with Crippen LogP contribution in [-0.4, -0.2) is 19.1 Å². The maximum atomic E-state index is 13.3. The van der Waals surface area contributed by atoms with E-state index in [1.54, 1.807) is 6.07 Å². The minimum absolute atomic E-state index is 0.0416. The zero-order chi connectivity index (χ0) is 18.3. The number of nitrogens with one attached hydrogen (secondary N) is 1. The highest BCUT2D eigenvalue weighted by Gasteiger charge is 2.34. The van der Waals surface area contributed by atoms with Gasteiger partial charge in [0.1, 0.15) is 6.61 Å². The minimum atomic E-state index is -4.62. The predicted molar refractivity (Wildman–Crippen MR) is 83.4 cm³/mol. The van der Waals surface area contributed by atoms with Gasteiger partial charge in [0.15, 0.2) is 11.6 Å². The summed E-state index contributed by atoms with van der Waals surface area (Å²) in [6, 6.07) is 10.3. The summed E-state index contributed by atoms with van der Waals surface area (Å²) in [7, 11) is 0. The molecule has 0 spiro atoms. The summed E-state index contributed by atoms with van der Waals surface area (Å²) in [5.41, 5.74) is -1.48. The van der Waals surface area contributed by atoms with Crippen LogP contribution in [0, 0.1) is 17.7 Å². The molecule has 3 nitrogen and oxygen atoms in total. The molecule has 0 aliphatic carbocycles. The van der Waals surface area contributed by atoms with Gasteiger partial charge in [-0.2, -0.15) is 13.2 Å². The van der Waals surface area contributed by atoms with Crippen LogP contribution in [-0.2, 0) is 6.18 Å². The van der Waals surface area contributed by atoms with Gasteiger partial charge in [0, 0.05) is 0 Å². The molecule has 7 heteroatoms. The molecule has 0 heterocycles. The van der Waals surface area contributed by atoms with E-state index in [0.29, 0.717) is 0 Å². The summed E-state index contributed by atoms with van der Waals surface area (Å²) in [5, 5.41) is 2.28. The second kappa shape index (κ2) is 8.20. The van der Waals surface area contributed by atoms with E-state index in [4.69, 9.17) is 4.74 Å². The molecule has 0 aromatic heterocycles.